The van der Waals surface area contributed by atoms with Gasteiger partial charge in [0.1, 0.15) is 5.75 Å². The summed E-state index contributed by atoms with van der Waals surface area (Å²) in [7, 11) is 0. The van der Waals surface area contributed by atoms with Crippen LogP contribution in [0.3, 0.4) is 0 Å². The van der Waals surface area contributed by atoms with E-state index in [0.717, 1.165) is 32.6 Å². The van der Waals surface area contributed by atoms with Crippen LogP contribution in [0.1, 0.15) is 33.1 Å². The molecule has 2 N–H and O–H groups in total. The summed E-state index contributed by atoms with van der Waals surface area (Å²) in [5, 5.41) is 4.02. The van der Waals surface area contributed by atoms with E-state index in [2.05, 4.69) is 19.2 Å². The average molecular weight is 362 g/mol. The highest BCUT2D eigenvalue weighted by Gasteiger charge is 2.05. The van der Waals surface area contributed by atoms with E-state index in [1.807, 2.05) is 0 Å². The molecule has 0 aliphatic carbocycles. The van der Waals surface area contributed by atoms with Crippen LogP contribution in [0.4, 0.5) is 0 Å². The molecule has 0 radical (unpaired) electrons. The fourth-order valence-electron chi connectivity index (χ4n) is 2.27. The SMILES string of the molecule is CC[NH+](CC)CCCNC(=O)CCCOc1ccc(Cl)cc1Cl. The first kappa shape index (κ1) is 20.1. The highest BCUT2D eigenvalue weighted by atomic mass is 35.5. The summed E-state index contributed by atoms with van der Waals surface area (Å²) in [5.74, 6) is 0.670. The summed E-state index contributed by atoms with van der Waals surface area (Å²) in [6, 6.07) is 5.11. The summed E-state index contributed by atoms with van der Waals surface area (Å²) in [4.78, 5) is 13.3. The normalized spacial score (nSPS) is 10.8. The van der Waals surface area contributed by atoms with Gasteiger partial charge in [0.2, 0.25) is 5.91 Å². The predicted octanol–water partition coefficient (Wildman–Crippen LogP) is 2.58. The molecule has 1 aromatic carbocycles. The standard InChI is InChI=1S/C17H26Cl2N2O2/c1-3-21(4-2)11-6-10-20-17(22)7-5-12-23-16-9-8-14(18)13-15(16)19/h8-9,13H,3-7,10-12H2,1-2H3,(H,20,22)/p+1. The summed E-state index contributed by atoms with van der Waals surface area (Å²) < 4.78 is 5.55. The van der Waals surface area contributed by atoms with Crippen LogP contribution in [0.2, 0.25) is 10.0 Å². The Morgan fingerprint density at radius 2 is 1.96 bits per heavy atom. The van der Waals surface area contributed by atoms with Crippen molar-refractivity contribution >= 4 is 29.1 Å². The van der Waals surface area contributed by atoms with Crippen molar-refractivity contribution in [3.63, 3.8) is 0 Å². The molecule has 1 amide bonds. The molecule has 0 aromatic heterocycles. The van der Waals surface area contributed by atoms with E-state index >= 15 is 0 Å². The van der Waals surface area contributed by atoms with Crippen LogP contribution in [0.15, 0.2) is 18.2 Å². The van der Waals surface area contributed by atoms with Crippen molar-refractivity contribution in [1.82, 2.24) is 5.32 Å². The van der Waals surface area contributed by atoms with Gasteiger partial charge in [0.25, 0.3) is 0 Å². The third-order valence-electron chi connectivity index (χ3n) is 3.73. The largest absolute Gasteiger partial charge is 0.492 e. The maximum absolute atomic E-state index is 11.7. The minimum Gasteiger partial charge on any atom is -0.492 e. The molecule has 0 atom stereocenters. The monoisotopic (exact) mass is 361 g/mol. The van der Waals surface area contributed by atoms with Gasteiger partial charge in [0, 0.05) is 24.4 Å². The molecule has 0 heterocycles. The lowest BCUT2D eigenvalue weighted by molar-refractivity contribution is -0.896. The first-order valence-electron chi connectivity index (χ1n) is 8.24. The Bertz CT molecular complexity index is 480. The van der Waals surface area contributed by atoms with Gasteiger partial charge in [-0.25, -0.2) is 0 Å². The molecule has 0 saturated carbocycles. The van der Waals surface area contributed by atoms with Crippen molar-refractivity contribution in [1.29, 1.82) is 0 Å². The first-order chi connectivity index (χ1) is 11.1. The van der Waals surface area contributed by atoms with Crippen LogP contribution >= 0.6 is 23.2 Å². The molecule has 0 unspecified atom stereocenters. The minimum atomic E-state index is 0.0744. The highest BCUT2D eigenvalue weighted by Crippen LogP contribution is 2.27. The molecule has 0 fully saturated rings. The zero-order valence-corrected chi connectivity index (χ0v) is 15.5. The predicted molar refractivity (Wildman–Crippen MR) is 95.7 cm³/mol. The van der Waals surface area contributed by atoms with E-state index in [1.165, 1.54) is 0 Å². The fourth-order valence-corrected chi connectivity index (χ4v) is 2.73. The number of nitrogens with one attached hydrogen (secondary N) is 2. The van der Waals surface area contributed by atoms with E-state index in [0.29, 0.717) is 35.2 Å². The van der Waals surface area contributed by atoms with Crippen LogP contribution in [-0.4, -0.2) is 38.7 Å². The van der Waals surface area contributed by atoms with Crippen molar-refractivity contribution in [3.05, 3.63) is 28.2 Å². The quantitative estimate of drug-likeness (QED) is 0.595. The van der Waals surface area contributed by atoms with Crippen molar-refractivity contribution < 1.29 is 14.4 Å². The number of ether oxygens (including phenoxy) is 1. The zero-order chi connectivity index (χ0) is 17.1. The number of quaternary nitrogens is 1. The number of rotatable bonds is 11. The van der Waals surface area contributed by atoms with Crippen LogP contribution < -0.4 is 15.0 Å². The molecule has 0 bridgehead atoms. The summed E-state index contributed by atoms with van der Waals surface area (Å²) in [5.41, 5.74) is 0. The van der Waals surface area contributed by atoms with Gasteiger partial charge in [-0.1, -0.05) is 23.2 Å². The molecule has 1 rings (SSSR count). The minimum absolute atomic E-state index is 0.0744. The second-order valence-electron chi connectivity index (χ2n) is 5.44. The van der Waals surface area contributed by atoms with Crippen molar-refractivity contribution in [2.45, 2.75) is 33.1 Å². The molecule has 0 spiro atoms. The second kappa shape index (κ2) is 11.5. The van der Waals surface area contributed by atoms with E-state index in [1.54, 1.807) is 23.1 Å². The molecule has 0 aliphatic rings. The third-order valence-corrected chi connectivity index (χ3v) is 4.26. The van der Waals surface area contributed by atoms with Gasteiger partial charge in [0.15, 0.2) is 0 Å². The maximum atomic E-state index is 11.7. The topological polar surface area (TPSA) is 42.8 Å². The molecule has 0 aliphatic heterocycles. The van der Waals surface area contributed by atoms with Crippen LogP contribution in [-0.2, 0) is 4.79 Å². The summed E-state index contributed by atoms with van der Waals surface area (Å²) in [6.45, 7) is 8.94. The molecule has 1 aromatic rings. The van der Waals surface area contributed by atoms with Gasteiger partial charge in [0.05, 0.1) is 31.3 Å². The molecule has 4 nitrogen and oxygen atoms in total. The Labute approximate surface area is 149 Å². The van der Waals surface area contributed by atoms with Gasteiger partial charge in [-0.3, -0.25) is 4.79 Å². The van der Waals surface area contributed by atoms with E-state index in [4.69, 9.17) is 27.9 Å². The van der Waals surface area contributed by atoms with Crippen LogP contribution in [0, 0.1) is 0 Å². The number of hydrogen-bond acceptors (Lipinski definition) is 2. The second-order valence-corrected chi connectivity index (χ2v) is 6.28. The Balaban J connectivity index is 2.10. The number of carbonyl (C=O) groups is 1. The zero-order valence-electron chi connectivity index (χ0n) is 14.0. The van der Waals surface area contributed by atoms with E-state index < -0.39 is 0 Å². The van der Waals surface area contributed by atoms with Gasteiger partial charge < -0.3 is 15.0 Å². The fraction of sp³-hybridized carbons (Fsp3) is 0.588. The highest BCUT2D eigenvalue weighted by molar-refractivity contribution is 6.35. The Morgan fingerprint density at radius 3 is 2.61 bits per heavy atom. The van der Waals surface area contributed by atoms with Crippen LogP contribution in [0.25, 0.3) is 0 Å². The lowest BCUT2D eigenvalue weighted by Crippen LogP contribution is -3.11. The molecular weight excluding hydrogens is 335 g/mol. The third kappa shape index (κ3) is 8.45. The number of benzene rings is 1. The lowest BCUT2D eigenvalue weighted by Gasteiger charge is -2.15. The molecular formula is C17H27Cl2N2O2+. The number of carbonyl (C=O) groups excluding carboxylic acids is 1. The molecule has 6 heteroatoms. The average Bonchev–Trinajstić information content (AvgIpc) is 2.53. The Kier molecular flexibility index (Phi) is 10.1. The van der Waals surface area contributed by atoms with Crippen molar-refractivity contribution in [2.24, 2.45) is 0 Å². The Hall–Kier alpha value is -0.970. The van der Waals surface area contributed by atoms with Crippen LogP contribution in [0.5, 0.6) is 5.75 Å². The number of amides is 1. The van der Waals surface area contributed by atoms with Gasteiger partial charge in [-0.05, 0) is 38.5 Å². The van der Waals surface area contributed by atoms with Crippen molar-refractivity contribution in [2.75, 3.05) is 32.8 Å². The first-order valence-corrected chi connectivity index (χ1v) is 9.00. The maximum Gasteiger partial charge on any atom is 0.220 e. The molecule has 23 heavy (non-hydrogen) atoms. The smallest absolute Gasteiger partial charge is 0.220 e. The number of hydrogen-bond donors (Lipinski definition) is 2. The van der Waals surface area contributed by atoms with Crippen molar-refractivity contribution in [3.8, 4) is 5.75 Å². The Morgan fingerprint density at radius 1 is 1.22 bits per heavy atom. The van der Waals surface area contributed by atoms with Gasteiger partial charge in [-0.2, -0.15) is 0 Å². The van der Waals surface area contributed by atoms with E-state index in [9.17, 15) is 4.79 Å². The molecule has 130 valence electrons. The lowest BCUT2D eigenvalue weighted by atomic mass is 10.3. The van der Waals surface area contributed by atoms with Gasteiger partial charge >= 0.3 is 0 Å². The summed E-state index contributed by atoms with van der Waals surface area (Å²) >= 11 is 11.8. The van der Waals surface area contributed by atoms with Gasteiger partial charge in [-0.15, -0.1) is 0 Å². The number of halogens is 2. The van der Waals surface area contributed by atoms with E-state index in [-0.39, 0.29) is 5.91 Å². The molecule has 0 saturated heterocycles. The summed E-state index contributed by atoms with van der Waals surface area (Å²) in [6.07, 6.45) is 2.13.